The first-order valence-electron chi connectivity index (χ1n) is 9.81. The molecule has 0 amide bonds. The number of furan rings is 1. The van der Waals surface area contributed by atoms with E-state index in [1.807, 2.05) is 59.0 Å². The van der Waals surface area contributed by atoms with Gasteiger partial charge >= 0.3 is 0 Å². The fraction of sp³-hybridized carbons (Fsp3) is 0.174. The van der Waals surface area contributed by atoms with E-state index in [1.165, 1.54) is 5.56 Å². The largest absolute Gasteiger partial charge is 0.468 e. The van der Waals surface area contributed by atoms with E-state index in [-0.39, 0.29) is 5.56 Å². The second-order valence-corrected chi connectivity index (χ2v) is 7.34. The van der Waals surface area contributed by atoms with Crippen molar-refractivity contribution in [2.75, 3.05) is 0 Å². The van der Waals surface area contributed by atoms with Gasteiger partial charge in [-0.1, -0.05) is 42.5 Å². The Hall–Kier alpha value is -3.71. The molecule has 0 aliphatic rings. The van der Waals surface area contributed by atoms with E-state index in [1.54, 1.807) is 17.9 Å². The van der Waals surface area contributed by atoms with Gasteiger partial charge in [-0.25, -0.2) is 0 Å². The number of aryl methyl sites for hydroxylation is 1. The van der Waals surface area contributed by atoms with Crippen LogP contribution in [-0.2, 0) is 26.7 Å². The minimum atomic E-state index is -0.0752. The Kier molecular flexibility index (Phi) is 4.65. The predicted molar refractivity (Wildman–Crippen MR) is 114 cm³/mol. The van der Waals surface area contributed by atoms with Crippen molar-refractivity contribution >= 4 is 16.7 Å². The molecule has 30 heavy (non-hydrogen) atoms. The first kappa shape index (κ1) is 18.3. The first-order valence-corrected chi connectivity index (χ1v) is 9.81. The lowest BCUT2D eigenvalue weighted by atomic mass is 10.2. The van der Waals surface area contributed by atoms with Crippen molar-refractivity contribution in [2.45, 2.75) is 19.6 Å². The Labute approximate surface area is 172 Å². The van der Waals surface area contributed by atoms with Crippen LogP contribution in [0.15, 0.2) is 82.2 Å². The molecule has 0 atom stereocenters. The highest BCUT2D eigenvalue weighted by Crippen LogP contribution is 2.18. The fourth-order valence-electron chi connectivity index (χ4n) is 3.83. The van der Waals surface area contributed by atoms with Crippen molar-refractivity contribution in [3.8, 4) is 0 Å². The van der Waals surface area contributed by atoms with E-state index in [4.69, 9.17) is 4.42 Å². The van der Waals surface area contributed by atoms with E-state index >= 15 is 0 Å². The molecule has 0 aliphatic carbocycles. The second kappa shape index (κ2) is 7.61. The molecule has 150 valence electrons. The first-order chi connectivity index (χ1) is 14.7. The molecular formula is C23H21N5O2. The summed E-state index contributed by atoms with van der Waals surface area (Å²) in [4.78, 5) is 14.9. The number of rotatable bonds is 6. The molecule has 0 radical (unpaired) electrons. The van der Waals surface area contributed by atoms with Gasteiger partial charge in [0.05, 0.1) is 30.3 Å². The van der Waals surface area contributed by atoms with Gasteiger partial charge in [0.2, 0.25) is 5.78 Å². The summed E-state index contributed by atoms with van der Waals surface area (Å²) in [5.74, 6) is 2.20. The number of nitrogens with zero attached hydrogens (tertiary/aromatic N) is 5. The SMILES string of the molecule is Cn1c(=O)c2ccccc2n2c(CN(Cc3ccccc3)Cc3ccco3)nnc12. The van der Waals surface area contributed by atoms with Gasteiger partial charge in [-0.2, -0.15) is 0 Å². The van der Waals surface area contributed by atoms with E-state index < -0.39 is 0 Å². The number of fused-ring (bicyclic) bond motifs is 3. The molecule has 7 nitrogen and oxygen atoms in total. The molecule has 5 rings (SSSR count). The Balaban J connectivity index is 1.58. The Bertz CT molecular complexity index is 1350. The predicted octanol–water partition coefficient (Wildman–Crippen LogP) is 3.38. The van der Waals surface area contributed by atoms with Crippen LogP contribution in [0.5, 0.6) is 0 Å². The molecule has 0 saturated carbocycles. The molecule has 7 heteroatoms. The Morgan fingerprint density at radius 1 is 0.900 bits per heavy atom. The van der Waals surface area contributed by atoms with Crippen molar-refractivity contribution in [3.05, 3.63) is 100 Å². The summed E-state index contributed by atoms with van der Waals surface area (Å²) >= 11 is 0. The molecule has 0 aliphatic heterocycles. The summed E-state index contributed by atoms with van der Waals surface area (Å²) in [6.07, 6.45) is 1.69. The Morgan fingerprint density at radius 2 is 1.70 bits per heavy atom. The third-order valence-electron chi connectivity index (χ3n) is 5.27. The van der Waals surface area contributed by atoms with Gasteiger partial charge < -0.3 is 4.42 Å². The number of hydrogen-bond acceptors (Lipinski definition) is 5. The van der Waals surface area contributed by atoms with E-state index in [2.05, 4.69) is 27.2 Å². The Morgan fingerprint density at radius 3 is 2.50 bits per heavy atom. The molecule has 0 bridgehead atoms. The van der Waals surface area contributed by atoms with E-state index in [0.717, 1.165) is 23.6 Å². The standard InChI is InChI=1S/C23H21N5O2/c1-26-22(29)19-11-5-6-12-20(19)28-21(24-25-23(26)28)16-27(15-18-10-7-13-30-18)14-17-8-3-2-4-9-17/h2-13H,14-16H2,1H3. The second-order valence-electron chi connectivity index (χ2n) is 7.34. The van der Waals surface area contributed by atoms with Crippen molar-refractivity contribution in [2.24, 2.45) is 7.05 Å². The minimum Gasteiger partial charge on any atom is -0.468 e. The fourth-order valence-corrected chi connectivity index (χ4v) is 3.83. The molecule has 0 unspecified atom stereocenters. The zero-order valence-corrected chi connectivity index (χ0v) is 16.6. The van der Waals surface area contributed by atoms with Crippen molar-refractivity contribution in [3.63, 3.8) is 0 Å². The van der Waals surface area contributed by atoms with Crippen LogP contribution < -0.4 is 5.56 Å². The average Bonchev–Trinajstić information content (AvgIpc) is 3.43. The lowest BCUT2D eigenvalue weighted by Gasteiger charge is -2.21. The van der Waals surface area contributed by atoms with Crippen molar-refractivity contribution in [1.82, 2.24) is 24.1 Å². The topological polar surface area (TPSA) is 68.6 Å². The van der Waals surface area contributed by atoms with Gasteiger partial charge in [0, 0.05) is 13.6 Å². The summed E-state index contributed by atoms with van der Waals surface area (Å²) in [6.45, 7) is 1.93. The molecule has 3 heterocycles. The zero-order chi connectivity index (χ0) is 20.5. The molecule has 0 saturated heterocycles. The smallest absolute Gasteiger partial charge is 0.262 e. The van der Waals surface area contributed by atoms with Crippen LogP contribution >= 0.6 is 0 Å². The van der Waals surface area contributed by atoms with Crippen LogP contribution in [0.3, 0.4) is 0 Å². The van der Waals surface area contributed by atoms with E-state index in [0.29, 0.717) is 24.3 Å². The third-order valence-corrected chi connectivity index (χ3v) is 5.27. The number of benzene rings is 2. The monoisotopic (exact) mass is 399 g/mol. The van der Waals surface area contributed by atoms with Crippen LogP contribution in [0, 0.1) is 0 Å². The number of aromatic nitrogens is 4. The molecule has 0 N–H and O–H groups in total. The summed E-state index contributed by atoms with van der Waals surface area (Å²) in [5, 5.41) is 9.40. The maximum absolute atomic E-state index is 12.7. The average molecular weight is 399 g/mol. The van der Waals surface area contributed by atoms with Gasteiger partial charge in [0.1, 0.15) is 5.76 Å². The maximum atomic E-state index is 12.7. The highest BCUT2D eigenvalue weighted by Gasteiger charge is 2.18. The van der Waals surface area contributed by atoms with Gasteiger partial charge in [-0.15, -0.1) is 10.2 Å². The molecular weight excluding hydrogens is 378 g/mol. The van der Waals surface area contributed by atoms with Gasteiger partial charge in [-0.3, -0.25) is 18.7 Å². The van der Waals surface area contributed by atoms with Crippen LogP contribution in [0.4, 0.5) is 0 Å². The minimum absolute atomic E-state index is 0.0752. The van der Waals surface area contributed by atoms with Crippen molar-refractivity contribution < 1.29 is 4.42 Å². The molecule has 3 aromatic heterocycles. The quantitative estimate of drug-likeness (QED) is 0.438. The lowest BCUT2D eigenvalue weighted by molar-refractivity contribution is 0.221. The van der Waals surface area contributed by atoms with Crippen LogP contribution in [0.25, 0.3) is 16.7 Å². The lowest BCUT2D eigenvalue weighted by Crippen LogP contribution is -2.25. The third kappa shape index (κ3) is 3.29. The highest BCUT2D eigenvalue weighted by molar-refractivity contribution is 5.80. The maximum Gasteiger partial charge on any atom is 0.262 e. The van der Waals surface area contributed by atoms with Crippen LogP contribution in [0.2, 0.25) is 0 Å². The highest BCUT2D eigenvalue weighted by atomic mass is 16.3. The van der Waals surface area contributed by atoms with Crippen LogP contribution in [-0.4, -0.2) is 24.1 Å². The van der Waals surface area contributed by atoms with E-state index in [9.17, 15) is 4.79 Å². The van der Waals surface area contributed by atoms with Gasteiger partial charge in [0.25, 0.3) is 5.56 Å². The van der Waals surface area contributed by atoms with Crippen LogP contribution in [0.1, 0.15) is 17.1 Å². The molecule has 0 fully saturated rings. The molecule has 0 spiro atoms. The summed E-state index contributed by atoms with van der Waals surface area (Å²) in [5.41, 5.74) is 1.94. The zero-order valence-electron chi connectivity index (χ0n) is 16.6. The molecule has 2 aromatic carbocycles. The molecule has 5 aromatic rings. The van der Waals surface area contributed by atoms with Gasteiger partial charge in [-0.05, 0) is 29.8 Å². The number of para-hydroxylation sites is 1. The van der Waals surface area contributed by atoms with Crippen molar-refractivity contribution in [1.29, 1.82) is 0 Å². The summed E-state index contributed by atoms with van der Waals surface area (Å²) in [7, 11) is 1.73. The number of hydrogen-bond donors (Lipinski definition) is 0. The summed E-state index contributed by atoms with van der Waals surface area (Å²) in [6, 6.07) is 21.7. The normalized spacial score (nSPS) is 11.7. The van der Waals surface area contributed by atoms with Gasteiger partial charge in [0.15, 0.2) is 5.82 Å². The summed E-state index contributed by atoms with van der Waals surface area (Å²) < 4.78 is 9.10.